The topological polar surface area (TPSA) is 99.0 Å². The van der Waals surface area contributed by atoms with Gasteiger partial charge in [-0.15, -0.1) is 10.2 Å². The molecule has 4 heterocycles. The normalized spacial score (nSPS) is 20.5. The van der Waals surface area contributed by atoms with E-state index in [0.717, 1.165) is 58.9 Å². The van der Waals surface area contributed by atoms with E-state index in [0.29, 0.717) is 5.75 Å². The van der Waals surface area contributed by atoms with Crippen LogP contribution in [0.25, 0.3) is 21.7 Å². The molecule has 0 N–H and O–H groups in total. The summed E-state index contributed by atoms with van der Waals surface area (Å²) in [6.07, 6.45) is 6.40. The van der Waals surface area contributed by atoms with Crippen molar-refractivity contribution >= 4 is 22.6 Å². The monoisotopic (exact) mass is 581 g/mol. The molecule has 220 valence electrons. The summed E-state index contributed by atoms with van der Waals surface area (Å²) in [5.41, 5.74) is 1.89. The average molecular weight is 582 g/mol. The van der Waals surface area contributed by atoms with Crippen LogP contribution in [0.15, 0.2) is 41.3 Å². The van der Waals surface area contributed by atoms with Crippen molar-refractivity contribution in [1.29, 1.82) is 0 Å². The lowest BCUT2D eigenvalue weighted by atomic mass is 9.81. The van der Waals surface area contributed by atoms with Crippen molar-refractivity contribution in [2.24, 2.45) is 7.05 Å². The van der Waals surface area contributed by atoms with Gasteiger partial charge in [0.2, 0.25) is 5.13 Å². The summed E-state index contributed by atoms with van der Waals surface area (Å²) in [6.45, 7) is 5.82. The molecule has 1 amide bonds. The minimum atomic E-state index is -0.510. The van der Waals surface area contributed by atoms with Crippen LogP contribution < -0.4 is 15.2 Å². The molecule has 41 heavy (non-hydrogen) atoms. The summed E-state index contributed by atoms with van der Waals surface area (Å²) in [5.74, 6) is 0.607. The van der Waals surface area contributed by atoms with Gasteiger partial charge in [-0.3, -0.25) is 4.79 Å². The van der Waals surface area contributed by atoms with Gasteiger partial charge in [0, 0.05) is 51.6 Å². The van der Waals surface area contributed by atoms with Gasteiger partial charge in [-0.2, -0.15) is 0 Å². The van der Waals surface area contributed by atoms with Gasteiger partial charge in [0.25, 0.3) is 5.56 Å². The van der Waals surface area contributed by atoms with Crippen molar-refractivity contribution < 1.29 is 19.0 Å². The molecular formula is C30H39N5O5S. The number of amides is 1. The number of fused-ring (bicyclic) bond motifs is 2. The van der Waals surface area contributed by atoms with E-state index < -0.39 is 5.60 Å². The highest BCUT2D eigenvalue weighted by atomic mass is 32.1. The van der Waals surface area contributed by atoms with Gasteiger partial charge in [0.1, 0.15) is 11.4 Å². The Morgan fingerprint density at radius 3 is 2.46 bits per heavy atom. The molecule has 3 aromatic rings. The highest BCUT2D eigenvalue weighted by molar-refractivity contribution is 7.18. The van der Waals surface area contributed by atoms with Crippen molar-refractivity contribution in [3.63, 3.8) is 0 Å². The van der Waals surface area contributed by atoms with Crippen LogP contribution in [0.3, 0.4) is 0 Å². The molecule has 0 saturated carbocycles. The Hall–Kier alpha value is -3.44. The zero-order valence-electron chi connectivity index (χ0n) is 24.6. The fourth-order valence-electron chi connectivity index (χ4n) is 5.75. The number of pyridine rings is 1. The largest absolute Gasteiger partial charge is 0.467 e. The van der Waals surface area contributed by atoms with Gasteiger partial charge in [-0.1, -0.05) is 17.4 Å². The van der Waals surface area contributed by atoms with Crippen LogP contribution >= 0.6 is 11.3 Å². The predicted octanol–water partition coefficient (Wildman–Crippen LogP) is 5.31. The summed E-state index contributed by atoms with van der Waals surface area (Å²) < 4.78 is 18.4. The Labute approximate surface area is 244 Å². The van der Waals surface area contributed by atoms with Crippen LogP contribution in [0.5, 0.6) is 5.75 Å². The number of carbonyl (C=O) groups is 1. The summed E-state index contributed by atoms with van der Waals surface area (Å²) in [4.78, 5) is 29.4. The lowest BCUT2D eigenvalue weighted by Gasteiger charge is -2.50. The predicted molar refractivity (Wildman–Crippen MR) is 159 cm³/mol. The SMILES string of the molecule is COCOc1cc(-c2ccn(C)c(=O)c2)ccc1-c1nnc(N(C)C2C[C@H]3CCC[C@@H](C2)N3C(=O)OC(C)(C)C)s1. The first-order valence-electron chi connectivity index (χ1n) is 14.0. The van der Waals surface area contributed by atoms with Crippen molar-refractivity contribution in [3.8, 4) is 27.4 Å². The Morgan fingerprint density at radius 1 is 1.10 bits per heavy atom. The van der Waals surface area contributed by atoms with E-state index in [1.165, 1.54) is 15.9 Å². The number of methoxy groups -OCH3 is 1. The number of piperidine rings is 2. The zero-order valence-corrected chi connectivity index (χ0v) is 25.4. The molecule has 10 nitrogen and oxygen atoms in total. The molecule has 0 radical (unpaired) electrons. The average Bonchev–Trinajstić information content (AvgIpc) is 3.41. The van der Waals surface area contributed by atoms with Gasteiger partial charge >= 0.3 is 6.09 Å². The quantitative estimate of drug-likeness (QED) is 0.346. The molecule has 2 saturated heterocycles. The van der Waals surface area contributed by atoms with Crippen molar-refractivity contribution in [1.82, 2.24) is 19.7 Å². The third-order valence-corrected chi connectivity index (χ3v) is 8.85. The maximum Gasteiger partial charge on any atom is 0.410 e. The van der Waals surface area contributed by atoms with Gasteiger partial charge in [-0.25, -0.2) is 4.79 Å². The Bertz CT molecular complexity index is 1430. The second-order valence-corrected chi connectivity index (χ2v) is 12.8. The van der Waals surface area contributed by atoms with E-state index in [2.05, 4.69) is 22.1 Å². The van der Waals surface area contributed by atoms with Crippen LogP contribution in [0, 0.1) is 0 Å². The van der Waals surface area contributed by atoms with Crippen LogP contribution in [0.1, 0.15) is 52.9 Å². The molecule has 2 aliphatic rings. The highest BCUT2D eigenvalue weighted by Crippen LogP contribution is 2.41. The second kappa shape index (κ2) is 11.8. The van der Waals surface area contributed by atoms with Crippen molar-refractivity contribution in [2.45, 2.75) is 76.6 Å². The fourth-order valence-corrected chi connectivity index (χ4v) is 6.66. The summed E-state index contributed by atoms with van der Waals surface area (Å²) in [5, 5.41) is 10.6. The molecule has 11 heteroatoms. The maximum atomic E-state index is 13.0. The number of rotatable bonds is 7. The molecule has 2 aromatic heterocycles. The molecular weight excluding hydrogens is 542 g/mol. The van der Waals surface area contributed by atoms with Crippen molar-refractivity contribution in [2.75, 3.05) is 25.9 Å². The van der Waals surface area contributed by atoms with E-state index in [1.807, 2.05) is 49.9 Å². The summed E-state index contributed by atoms with van der Waals surface area (Å²) >= 11 is 1.51. The number of hydrogen-bond donors (Lipinski definition) is 0. The third-order valence-electron chi connectivity index (χ3n) is 7.80. The molecule has 1 unspecified atom stereocenters. The number of aromatic nitrogens is 3. The number of carbonyl (C=O) groups excluding carboxylic acids is 1. The summed E-state index contributed by atoms with van der Waals surface area (Å²) in [6, 6.07) is 9.89. The smallest absolute Gasteiger partial charge is 0.410 e. The van der Waals surface area contributed by atoms with Crippen molar-refractivity contribution in [3.05, 3.63) is 46.9 Å². The van der Waals surface area contributed by atoms with Gasteiger partial charge < -0.3 is 28.6 Å². The zero-order chi connectivity index (χ0) is 29.3. The standard InChI is InChI=1S/C30H39N5O5S/c1-30(2,3)40-29(37)35-21-8-7-9-22(35)17-23(16-21)34(5)28-32-31-27(41-28)24-11-10-19(14-25(24)39-18-38-6)20-12-13-33(4)26(36)15-20/h10-15,21-23H,7-9,16-18H2,1-6H3/t21-,22+,23?. The van der Waals surface area contributed by atoms with Gasteiger partial charge in [0.15, 0.2) is 11.8 Å². The number of hydrogen-bond acceptors (Lipinski definition) is 9. The molecule has 5 rings (SSSR count). The first kappa shape index (κ1) is 29.1. The molecule has 0 spiro atoms. The Kier molecular flexibility index (Phi) is 8.37. The van der Waals surface area contributed by atoms with Crippen LogP contribution in [-0.4, -0.2) is 70.4 Å². The highest BCUT2D eigenvalue weighted by Gasteiger charge is 2.44. The number of benzene rings is 1. The van der Waals surface area contributed by atoms with E-state index in [4.69, 9.17) is 14.2 Å². The Balaban J connectivity index is 1.36. The molecule has 0 aliphatic carbocycles. The van der Waals surface area contributed by atoms with E-state index in [-0.39, 0.29) is 36.6 Å². The number of anilines is 1. The van der Waals surface area contributed by atoms with Crippen LogP contribution in [0.4, 0.5) is 9.93 Å². The molecule has 2 fully saturated rings. The van der Waals surface area contributed by atoms with E-state index >= 15 is 0 Å². The first-order valence-corrected chi connectivity index (χ1v) is 14.9. The molecule has 2 aliphatic heterocycles. The fraction of sp³-hybridized carbons (Fsp3) is 0.533. The lowest BCUT2D eigenvalue weighted by molar-refractivity contribution is -0.0213. The van der Waals surface area contributed by atoms with E-state index in [9.17, 15) is 9.59 Å². The Morgan fingerprint density at radius 2 is 1.80 bits per heavy atom. The minimum Gasteiger partial charge on any atom is -0.467 e. The third kappa shape index (κ3) is 6.41. The van der Waals surface area contributed by atoms with E-state index in [1.54, 1.807) is 26.4 Å². The number of nitrogens with zero attached hydrogens (tertiary/aromatic N) is 5. The maximum absolute atomic E-state index is 13.0. The minimum absolute atomic E-state index is 0.0798. The number of aryl methyl sites for hydroxylation is 1. The van der Waals surface area contributed by atoms with Crippen LogP contribution in [-0.2, 0) is 16.5 Å². The molecule has 3 atom stereocenters. The first-order chi connectivity index (χ1) is 19.5. The summed E-state index contributed by atoms with van der Waals surface area (Å²) in [7, 11) is 5.37. The van der Waals surface area contributed by atoms with Crippen LogP contribution in [0.2, 0.25) is 0 Å². The van der Waals surface area contributed by atoms with Gasteiger partial charge in [-0.05, 0) is 82.2 Å². The second-order valence-electron chi connectivity index (χ2n) is 11.9. The number of ether oxygens (including phenoxy) is 3. The lowest BCUT2D eigenvalue weighted by Crippen LogP contribution is -2.59. The molecule has 1 aromatic carbocycles. The molecule has 2 bridgehead atoms. The van der Waals surface area contributed by atoms with Gasteiger partial charge in [0.05, 0.1) is 5.56 Å².